The molecule has 4 nitrogen and oxygen atoms in total. The molecule has 2 fully saturated rings. The van der Waals surface area contributed by atoms with Gasteiger partial charge in [-0.05, 0) is 44.2 Å². The predicted molar refractivity (Wildman–Crippen MR) is 120 cm³/mol. The van der Waals surface area contributed by atoms with E-state index in [-0.39, 0.29) is 23.9 Å². The van der Waals surface area contributed by atoms with E-state index in [9.17, 15) is 9.59 Å². The SMILES string of the molecule is C[C@]1(C(=O)NC2CCCCCCC2)Cc2ccccc2C(=O)N1C1CCCCCC1. The third-order valence-electron chi connectivity index (χ3n) is 7.65. The average Bonchev–Trinajstić information content (AvgIpc) is 2.99. The second kappa shape index (κ2) is 9.53. The number of hydrogen-bond donors (Lipinski definition) is 1. The summed E-state index contributed by atoms with van der Waals surface area (Å²) in [7, 11) is 0. The van der Waals surface area contributed by atoms with Crippen LogP contribution in [0.15, 0.2) is 24.3 Å². The van der Waals surface area contributed by atoms with Gasteiger partial charge in [0.1, 0.15) is 5.54 Å². The second-order valence-electron chi connectivity index (χ2n) is 9.94. The number of hydrogen-bond acceptors (Lipinski definition) is 2. The Morgan fingerprint density at radius 3 is 2.13 bits per heavy atom. The lowest BCUT2D eigenvalue weighted by Crippen LogP contribution is -2.66. The molecular weight excluding hydrogens is 372 g/mol. The Hall–Kier alpha value is -1.84. The second-order valence-corrected chi connectivity index (χ2v) is 9.94. The van der Waals surface area contributed by atoms with E-state index < -0.39 is 5.54 Å². The van der Waals surface area contributed by atoms with E-state index in [2.05, 4.69) is 5.32 Å². The Labute approximate surface area is 181 Å². The molecule has 1 aromatic carbocycles. The molecule has 0 saturated heterocycles. The molecule has 0 unspecified atom stereocenters. The Balaban J connectivity index is 1.62. The van der Waals surface area contributed by atoms with Gasteiger partial charge >= 0.3 is 0 Å². The van der Waals surface area contributed by atoms with Crippen molar-refractivity contribution in [3.8, 4) is 0 Å². The van der Waals surface area contributed by atoms with Gasteiger partial charge in [0.05, 0.1) is 0 Å². The zero-order chi connectivity index (χ0) is 21.0. The molecule has 0 radical (unpaired) electrons. The third-order valence-corrected chi connectivity index (χ3v) is 7.65. The zero-order valence-corrected chi connectivity index (χ0v) is 18.6. The molecule has 164 valence electrons. The van der Waals surface area contributed by atoms with Crippen LogP contribution < -0.4 is 5.32 Å². The van der Waals surface area contributed by atoms with Gasteiger partial charge in [-0.3, -0.25) is 9.59 Å². The van der Waals surface area contributed by atoms with Crippen molar-refractivity contribution in [2.45, 2.75) is 114 Å². The van der Waals surface area contributed by atoms with Gasteiger partial charge in [-0.1, -0.05) is 76.0 Å². The van der Waals surface area contributed by atoms with E-state index in [1.807, 2.05) is 36.1 Å². The molecule has 30 heavy (non-hydrogen) atoms. The van der Waals surface area contributed by atoms with Crippen LogP contribution in [0.4, 0.5) is 0 Å². The number of nitrogens with one attached hydrogen (secondary N) is 1. The fraction of sp³-hybridized carbons (Fsp3) is 0.692. The average molecular weight is 411 g/mol. The summed E-state index contributed by atoms with van der Waals surface area (Å²) < 4.78 is 0. The number of carbonyl (C=O) groups is 2. The normalized spacial score (nSPS) is 27.0. The summed E-state index contributed by atoms with van der Waals surface area (Å²) in [5.41, 5.74) is 1.00. The molecule has 1 atom stereocenters. The standard InChI is InChI=1S/C26H38N2O2/c1-26(25(30)27-21-14-7-3-2-4-8-15-21)19-20-13-11-12-18-23(20)24(29)28(26)22-16-9-5-6-10-17-22/h11-13,18,21-22H,2-10,14-17,19H2,1H3,(H,27,30)/t26-/m1/s1. The molecule has 1 aliphatic heterocycles. The van der Waals surface area contributed by atoms with Gasteiger partial charge in [-0.25, -0.2) is 0 Å². The molecular formula is C26H38N2O2. The van der Waals surface area contributed by atoms with Gasteiger partial charge in [0.2, 0.25) is 5.91 Å². The minimum atomic E-state index is -0.803. The minimum Gasteiger partial charge on any atom is -0.351 e. The van der Waals surface area contributed by atoms with Crippen molar-refractivity contribution in [2.75, 3.05) is 0 Å². The van der Waals surface area contributed by atoms with E-state index in [0.717, 1.165) is 49.7 Å². The summed E-state index contributed by atoms with van der Waals surface area (Å²) in [6, 6.07) is 8.31. The summed E-state index contributed by atoms with van der Waals surface area (Å²) in [6.45, 7) is 2.02. The van der Waals surface area contributed by atoms with Crippen molar-refractivity contribution in [2.24, 2.45) is 0 Å². The molecule has 2 saturated carbocycles. The maximum atomic E-state index is 13.8. The summed E-state index contributed by atoms with van der Waals surface area (Å²) in [6.07, 6.45) is 15.8. The summed E-state index contributed by atoms with van der Waals surface area (Å²) in [5.74, 6) is 0.110. The van der Waals surface area contributed by atoms with Crippen LogP contribution in [0, 0.1) is 0 Å². The van der Waals surface area contributed by atoms with Crippen molar-refractivity contribution >= 4 is 11.8 Å². The van der Waals surface area contributed by atoms with Crippen LogP contribution in [-0.2, 0) is 11.2 Å². The number of benzene rings is 1. The van der Waals surface area contributed by atoms with Gasteiger partial charge < -0.3 is 10.2 Å². The monoisotopic (exact) mass is 410 g/mol. The molecule has 4 heteroatoms. The maximum absolute atomic E-state index is 13.8. The van der Waals surface area contributed by atoms with Crippen LogP contribution in [0.2, 0.25) is 0 Å². The lowest BCUT2D eigenvalue weighted by Gasteiger charge is -2.48. The quantitative estimate of drug-likeness (QED) is 0.679. The van der Waals surface area contributed by atoms with Gasteiger partial charge in [0.25, 0.3) is 5.91 Å². The molecule has 1 aromatic rings. The zero-order valence-electron chi connectivity index (χ0n) is 18.6. The molecule has 0 bridgehead atoms. The van der Waals surface area contributed by atoms with Crippen molar-refractivity contribution in [1.82, 2.24) is 10.2 Å². The number of amides is 2. The lowest BCUT2D eigenvalue weighted by molar-refractivity contribution is -0.134. The van der Waals surface area contributed by atoms with Gasteiger partial charge in [-0.15, -0.1) is 0 Å². The van der Waals surface area contributed by atoms with Crippen molar-refractivity contribution < 1.29 is 9.59 Å². The molecule has 1 heterocycles. The molecule has 0 aromatic heterocycles. The Kier molecular flexibility index (Phi) is 6.80. The van der Waals surface area contributed by atoms with Crippen LogP contribution in [0.5, 0.6) is 0 Å². The predicted octanol–water partition coefficient (Wildman–Crippen LogP) is 5.40. The van der Waals surface area contributed by atoms with Crippen molar-refractivity contribution in [3.63, 3.8) is 0 Å². The lowest BCUT2D eigenvalue weighted by atomic mass is 9.80. The van der Waals surface area contributed by atoms with Crippen LogP contribution in [-0.4, -0.2) is 34.3 Å². The van der Waals surface area contributed by atoms with E-state index in [1.54, 1.807) is 0 Å². The highest BCUT2D eigenvalue weighted by atomic mass is 16.2. The van der Waals surface area contributed by atoms with E-state index in [4.69, 9.17) is 0 Å². The largest absolute Gasteiger partial charge is 0.351 e. The first-order valence-electron chi connectivity index (χ1n) is 12.3. The first kappa shape index (κ1) is 21.4. The molecule has 2 aliphatic carbocycles. The third kappa shape index (κ3) is 4.43. The highest BCUT2D eigenvalue weighted by Crippen LogP contribution is 2.37. The van der Waals surface area contributed by atoms with E-state index >= 15 is 0 Å². The summed E-state index contributed by atoms with van der Waals surface area (Å²) in [4.78, 5) is 29.5. The Bertz CT molecular complexity index is 745. The highest BCUT2D eigenvalue weighted by molar-refractivity contribution is 6.02. The maximum Gasteiger partial charge on any atom is 0.255 e. The van der Waals surface area contributed by atoms with Crippen LogP contribution >= 0.6 is 0 Å². The molecule has 1 N–H and O–H groups in total. The number of fused-ring (bicyclic) bond motifs is 1. The summed E-state index contributed by atoms with van der Waals surface area (Å²) in [5, 5.41) is 3.40. The smallest absolute Gasteiger partial charge is 0.255 e. The van der Waals surface area contributed by atoms with E-state index in [0.29, 0.717) is 6.42 Å². The molecule has 2 amide bonds. The molecule has 4 rings (SSSR count). The van der Waals surface area contributed by atoms with Gasteiger partial charge in [-0.2, -0.15) is 0 Å². The topological polar surface area (TPSA) is 49.4 Å². The van der Waals surface area contributed by atoms with Crippen molar-refractivity contribution in [3.05, 3.63) is 35.4 Å². The van der Waals surface area contributed by atoms with Gasteiger partial charge in [0.15, 0.2) is 0 Å². The first-order valence-corrected chi connectivity index (χ1v) is 12.3. The number of rotatable bonds is 3. The Morgan fingerprint density at radius 1 is 0.900 bits per heavy atom. The fourth-order valence-electron chi connectivity index (χ4n) is 5.91. The van der Waals surface area contributed by atoms with Crippen LogP contribution in [0.1, 0.15) is 106 Å². The first-order chi connectivity index (χ1) is 14.6. The van der Waals surface area contributed by atoms with Crippen LogP contribution in [0.3, 0.4) is 0 Å². The van der Waals surface area contributed by atoms with E-state index in [1.165, 1.54) is 44.9 Å². The number of carbonyl (C=O) groups excluding carboxylic acids is 2. The molecule has 0 spiro atoms. The number of nitrogens with zero attached hydrogens (tertiary/aromatic N) is 1. The summed E-state index contributed by atoms with van der Waals surface area (Å²) >= 11 is 0. The minimum absolute atomic E-state index is 0.0547. The highest BCUT2D eigenvalue weighted by Gasteiger charge is 2.49. The Morgan fingerprint density at radius 2 is 1.47 bits per heavy atom. The van der Waals surface area contributed by atoms with Crippen LogP contribution in [0.25, 0.3) is 0 Å². The molecule has 3 aliphatic rings. The fourth-order valence-corrected chi connectivity index (χ4v) is 5.91. The van der Waals surface area contributed by atoms with Gasteiger partial charge in [0, 0.05) is 24.1 Å². The van der Waals surface area contributed by atoms with Crippen molar-refractivity contribution in [1.29, 1.82) is 0 Å².